The maximum Gasteiger partial charge on any atom is 0.163 e. The normalized spacial score (nSPS) is 22.9. The van der Waals surface area contributed by atoms with E-state index in [4.69, 9.17) is 4.74 Å². The van der Waals surface area contributed by atoms with Crippen LogP contribution in [0.15, 0.2) is 18.3 Å². The number of carbonyl (C=O) groups excluding carboxylic acids is 1. The number of nitrogens with zero attached hydrogens (tertiary/aromatic N) is 2. The minimum Gasteiger partial charge on any atom is -0.369 e. The zero-order chi connectivity index (χ0) is 13.3. The van der Waals surface area contributed by atoms with Crippen LogP contribution in [0.25, 0.3) is 0 Å². The summed E-state index contributed by atoms with van der Waals surface area (Å²) in [4.78, 5) is 18.2. The first kappa shape index (κ1) is 13.0. The highest BCUT2D eigenvalue weighted by atomic mass is 16.5. The van der Waals surface area contributed by atoms with Gasteiger partial charge in [-0.3, -0.25) is 4.79 Å². The fourth-order valence-electron chi connectivity index (χ4n) is 2.54. The van der Waals surface area contributed by atoms with Gasteiger partial charge in [0.25, 0.3) is 0 Å². The molecule has 0 amide bonds. The van der Waals surface area contributed by atoms with Gasteiger partial charge in [0.1, 0.15) is 5.82 Å². The summed E-state index contributed by atoms with van der Waals surface area (Å²) in [5, 5.41) is 0. The van der Waals surface area contributed by atoms with Crippen LogP contribution in [-0.4, -0.2) is 35.6 Å². The van der Waals surface area contributed by atoms with Crippen molar-refractivity contribution in [2.75, 3.05) is 18.0 Å². The lowest BCUT2D eigenvalue weighted by Crippen LogP contribution is -2.52. The van der Waals surface area contributed by atoms with Crippen LogP contribution in [-0.2, 0) is 4.74 Å². The first-order valence-electron chi connectivity index (χ1n) is 6.28. The molecule has 1 aliphatic rings. The molecule has 18 heavy (non-hydrogen) atoms. The Morgan fingerprint density at radius 1 is 1.56 bits per heavy atom. The van der Waals surface area contributed by atoms with Crippen LogP contribution in [0.5, 0.6) is 0 Å². The van der Waals surface area contributed by atoms with Crippen molar-refractivity contribution < 1.29 is 9.53 Å². The number of anilines is 1. The number of carbonyl (C=O) groups is 1. The SMILES string of the molecule is CC(=O)c1cccnc1N1CC(C)OC(C)(C)C1. The molecule has 0 aliphatic carbocycles. The Bertz CT molecular complexity index is 457. The van der Waals surface area contributed by atoms with E-state index in [0.717, 1.165) is 18.9 Å². The van der Waals surface area contributed by atoms with Crippen LogP contribution in [0.2, 0.25) is 0 Å². The molecule has 0 bridgehead atoms. The van der Waals surface area contributed by atoms with Crippen molar-refractivity contribution in [3.63, 3.8) is 0 Å². The number of hydrogen-bond acceptors (Lipinski definition) is 4. The molecule has 1 unspecified atom stereocenters. The minimum atomic E-state index is -0.219. The second kappa shape index (κ2) is 4.69. The van der Waals surface area contributed by atoms with Crippen LogP contribution >= 0.6 is 0 Å². The lowest BCUT2D eigenvalue weighted by molar-refractivity contribution is -0.0752. The molecule has 98 valence electrons. The molecule has 1 aliphatic heterocycles. The standard InChI is InChI=1S/C14H20N2O2/c1-10-8-16(9-14(3,4)18-10)13-12(11(2)17)6-5-7-15-13/h5-7,10H,8-9H2,1-4H3. The van der Waals surface area contributed by atoms with Gasteiger partial charge in [-0.15, -0.1) is 0 Å². The zero-order valence-corrected chi connectivity index (χ0v) is 11.4. The summed E-state index contributed by atoms with van der Waals surface area (Å²) in [7, 11) is 0. The summed E-state index contributed by atoms with van der Waals surface area (Å²) in [5.74, 6) is 0.822. The van der Waals surface area contributed by atoms with Gasteiger partial charge in [0.2, 0.25) is 0 Å². The van der Waals surface area contributed by atoms with Crippen LogP contribution in [0, 0.1) is 0 Å². The monoisotopic (exact) mass is 248 g/mol. The lowest BCUT2D eigenvalue weighted by atomic mass is 10.0. The Morgan fingerprint density at radius 2 is 2.28 bits per heavy atom. The van der Waals surface area contributed by atoms with Gasteiger partial charge >= 0.3 is 0 Å². The highest BCUT2D eigenvalue weighted by Gasteiger charge is 2.33. The summed E-state index contributed by atoms with van der Waals surface area (Å²) in [6.45, 7) is 9.26. The molecule has 1 aromatic rings. The fourth-order valence-corrected chi connectivity index (χ4v) is 2.54. The van der Waals surface area contributed by atoms with E-state index in [1.807, 2.05) is 13.0 Å². The number of morpholine rings is 1. The smallest absolute Gasteiger partial charge is 0.163 e. The maximum absolute atomic E-state index is 11.7. The Morgan fingerprint density at radius 3 is 2.89 bits per heavy atom. The van der Waals surface area contributed by atoms with Gasteiger partial charge in [-0.25, -0.2) is 4.98 Å². The fraction of sp³-hybridized carbons (Fsp3) is 0.571. The zero-order valence-electron chi connectivity index (χ0n) is 11.4. The number of ketones is 1. The number of hydrogen-bond donors (Lipinski definition) is 0. The lowest BCUT2D eigenvalue weighted by Gasteiger charge is -2.42. The summed E-state index contributed by atoms with van der Waals surface area (Å²) >= 11 is 0. The molecule has 0 saturated carbocycles. The van der Waals surface area contributed by atoms with Gasteiger partial charge in [0.15, 0.2) is 5.78 Å². The molecule has 2 heterocycles. The maximum atomic E-state index is 11.7. The van der Waals surface area contributed by atoms with Crippen LogP contribution in [0.4, 0.5) is 5.82 Å². The number of pyridine rings is 1. The molecule has 1 fully saturated rings. The topological polar surface area (TPSA) is 42.4 Å². The molecular weight excluding hydrogens is 228 g/mol. The molecule has 0 spiro atoms. The molecule has 4 nitrogen and oxygen atoms in total. The molecule has 2 rings (SSSR count). The van der Waals surface area contributed by atoms with Crippen molar-refractivity contribution in [1.29, 1.82) is 0 Å². The van der Waals surface area contributed by atoms with Crippen molar-refractivity contribution in [2.24, 2.45) is 0 Å². The number of rotatable bonds is 2. The van der Waals surface area contributed by atoms with Crippen molar-refractivity contribution in [1.82, 2.24) is 4.98 Å². The van der Waals surface area contributed by atoms with Gasteiger partial charge in [-0.05, 0) is 39.8 Å². The van der Waals surface area contributed by atoms with Crippen LogP contribution in [0.3, 0.4) is 0 Å². The second-order valence-corrected chi connectivity index (χ2v) is 5.50. The van der Waals surface area contributed by atoms with Crippen molar-refractivity contribution in [3.8, 4) is 0 Å². The Labute approximate surface area is 108 Å². The van der Waals surface area contributed by atoms with E-state index >= 15 is 0 Å². The molecule has 0 radical (unpaired) electrons. The second-order valence-electron chi connectivity index (χ2n) is 5.50. The third-order valence-corrected chi connectivity index (χ3v) is 3.03. The van der Waals surface area contributed by atoms with E-state index in [1.54, 1.807) is 19.2 Å². The molecule has 0 aromatic carbocycles. The highest BCUT2D eigenvalue weighted by molar-refractivity contribution is 5.98. The molecule has 1 atom stereocenters. The first-order chi connectivity index (χ1) is 8.39. The summed E-state index contributed by atoms with van der Waals surface area (Å²) in [6.07, 6.45) is 1.87. The third kappa shape index (κ3) is 2.70. The number of aromatic nitrogens is 1. The largest absolute Gasteiger partial charge is 0.369 e. The van der Waals surface area contributed by atoms with E-state index in [-0.39, 0.29) is 17.5 Å². The Kier molecular flexibility index (Phi) is 3.39. The van der Waals surface area contributed by atoms with E-state index in [2.05, 4.69) is 23.7 Å². The summed E-state index contributed by atoms with van der Waals surface area (Å²) < 4.78 is 5.87. The van der Waals surface area contributed by atoms with E-state index < -0.39 is 0 Å². The van der Waals surface area contributed by atoms with Crippen molar-refractivity contribution in [3.05, 3.63) is 23.9 Å². The Hall–Kier alpha value is -1.42. The summed E-state index contributed by atoms with van der Waals surface area (Å²) in [5.41, 5.74) is 0.464. The van der Waals surface area contributed by atoms with Crippen molar-refractivity contribution >= 4 is 11.6 Å². The third-order valence-electron chi connectivity index (χ3n) is 3.03. The average molecular weight is 248 g/mol. The quantitative estimate of drug-likeness (QED) is 0.753. The molecule has 4 heteroatoms. The highest BCUT2D eigenvalue weighted by Crippen LogP contribution is 2.26. The summed E-state index contributed by atoms with van der Waals surface area (Å²) in [6, 6.07) is 3.63. The van der Waals surface area contributed by atoms with Crippen molar-refractivity contribution in [2.45, 2.75) is 39.4 Å². The predicted molar refractivity (Wildman–Crippen MR) is 71.1 cm³/mol. The Balaban J connectivity index is 2.34. The van der Waals surface area contributed by atoms with E-state index in [0.29, 0.717) is 5.56 Å². The van der Waals surface area contributed by atoms with Gasteiger partial charge in [-0.1, -0.05) is 0 Å². The van der Waals surface area contributed by atoms with Gasteiger partial charge < -0.3 is 9.64 Å². The van der Waals surface area contributed by atoms with E-state index in [1.165, 1.54) is 0 Å². The number of Topliss-reactive ketones (excluding diaryl/α,β-unsaturated/α-hetero) is 1. The van der Waals surface area contributed by atoms with Gasteiger partial charge in [-0.2, -0.15) is 0 Å². The average Bonchev–Trinajstić information content (AvgIpc) is 2.26. The minimum absolute atomic E-state index is 0.0510. The van der Waals surface area contributed by atoms with Crippen LogP contribution in [0.1, 0.15) is 38.1 Å². The van der Waals surface area contributed by atoms with Gasteiger partial charge in [0, 0.05) is 19.3 Å². The van der Waals surface area contributed by atoms with Crippen LogP contribution < -0.4 is 4.90 Å². The molecule has 0 N–H and O–H groups in total. The first-order valence-corrected chi connectivity index (χ1v) is 6.28. The predicted octanol–water partition coefficient (Wildman–Crippen LogP) is 2.29. The molecule has 1 aromatic heterocycles. The van der Waals surface area contributed by atoms with Gasteiger partial charge in [0.05, 0.1) is 17.3 Å². The number of ether oxygens (including phenoxy) is 1. The molecule has 1 saturated heterocycles. The van der Waals surface area contributed by atoms with E-state index in [9.17, 15) is 4.79 Å². The molecular formula is C14H20N2O2.